The van der Waals surface area contributed by atoms with E-state index in [2.05, 4.69) is 15.5 Å². The topological polar surface area (TPSA) is 104 Å². The van der Waals surface area contributed by atoms with Crippen molar-refractivity contribution < 1.29 is 19.1 Å². The number of amides is 3. The SMILES string of the molecule is COc1cccc(C(CN2C(=O)c3ccccc3C2=O)NC(=O)c2cccc(-c3ccc4[nH]ncc4c3)c2)c1. The molecule has 6 rings (SSSR count). The number of hydrogen-bond donors (Lipinski definition) is 2. The van der Waals surface area contributed by atoms with E-state index in [1.165, 1.54) is 4.90 Å². The van der Waals surface area contributed by atoms with Crippen LogP contribution in [0, 0.1) is 0 Å². The Hall–Kier alpha value is -5.24. The second-order valence-electron chi connectivity index (χ2n) is 9.32. The van der Waals surface area contributed by atoms with Crippen molar-refractivity contribution >= 4 is 28.6 Å². The molecule has 8 nitrogen and oxygen atoms in total. The lowest BCUT2D eigenvalue weighted by Crippen LogP contribution is -2.40. The van der Waals surface area contributed by atoms with Gasteiger partial charge < -0.3 is 10.1 Å². The first-order valence-electron chi connectivity index (χ1n) is 12.5. The van der Waals surface area contributed by atoms with Gasteiger partial charge >= 0.3 is 0 Å². The molecule has 5 aromatic rings. The number of ether oxygens (including phenoxy) is 1. The van der Waals surface area contributed by atoms with Crippen molar-refractivity contribution in [2.45, 2.75) is 6.04 Å². The van der Waals surface area contributed by atoms with Gasteiger partial charge in [-0.05, 0) is 65.2 Å². The van der Waals surface area contributed by atoms with E-state index >= 15 is 0 Å². The summed E-state index contributed by atoms with van der Waals surface area (Å²) in [6, 6.07) is 26.6. The highest BCUT2D eigenvalue weighted by molar-refractivity contribution is 6.21. The molecule has 8 heteroatoms. The largest absolute Gasteiger partial charge is 0.497 e. The summed E-state index contributed by atoms with van der Waals surface area (Å²) in [5.41, 5.74) is 4.65. The second kappa shape index (κ2) is 9.90. The highest BCUT2D eigenvalue weighted by atomic mass is 16.5. The fourth-order valence-corrected chi connectivity index (χ4v) is 4.88. The van der Waals surface area contributed by atoms with E-state index in [1.54, 1.807) is 55.8 Å². The van der Waals surface area contributed by atoms with E-state index < -0.39 is 6.04 Å². The predicted octanol–water partition coefficient (Wildman–Crippen LogP) is 5.01. The molecule has 1 atom stereocenters. The van der Waals surface area contributed by atoms with Crippen molar-refractivity contribution in [1.29, 1.82) is 0 Å². The number of rotatable bonds is 7. The number of nitrogens with one attached hydrogen (secondary N) is 2. The van der Waals surface area contributed by atoms with Crippen LogP contribution in [0.1, 0.15) is 42.7 Å². The Morgan fingerprint density at radius 2 is 1.64 bits per heavy atom. The van der Waals surface area contributed by atoms with E-state index in [9.17, 15) is 14.4 Å². The number of nitrogens with zero attached hydrogens (tertiary/aromatic N) is 2. The molecule has 2 heterocycles. The molecule has 1 aromatic heterocycles. The van der Waals surface area contributed by atoms with Gasteiger partial charge in [0.25, 0.3) is 17.7 Å². The van der Waals surface area contributed by atoms with Gasteiger partial charge in [0.1, 0.15) is 5.75 Å². The third-order valence-electron chi connectivity index (χ3n) is 6.94. The fraction of sp³-hybridized carbons (Fsp3) is 0.0968. The lowest BCUT2D eigenvalue weighted by molar-refractivity contribution is 0.0629. The Labute approximate surface area is 224 Å². The molecule has 3 amide bonds. The van der Waals surface area contributed by atoms with Gasteiger partial charge in [-0.3, -0.25) is 24.4 Å². The Balaban J connectivity index is 1.30. The summed E-state index contributed by atoms with van der Waals surface area (Å²) in [7, 11) is 1.56. The van der Waals surface area contributed by atoms with Gasteiger partial charge in [0.15, 0.2) is 0 Å². The Morgan fingerprint density at radius 1 is 0.897 bits per heavy atom. The summed E-state index contributed by atoms with van der Waals surface area (Å²) >= 11 is 0. The lowest BCUT2D eigenvalue weighted by atomic mass is 10.0. The maximum absolute atomic E-state index is 13.5. The molecule has 1 unspecified atom stereocenters. The predicted molar refractivity (Wildman–Crippen MR) is 147 cm³/mol. The third kappa shape index (κ3) is 4.53. The van der Waals surface area contributed by atoms with Gasteiger partial charge in [0.2, 0.25) is 0 Å². The molecular formula is C31H24N4O4. The number of carbonyl (C=O) groups is 3. The molecule has 0 saturated heterocycles. The Bertz CT molecular complexity index is 1710. The number of aromatic amines is 1. The number of carbonyl (C=O) groups excluding carboxylic acids is 3. The van der Waals surface area contributed by atoms with Crippen molar-refractivity contribution in [2.75, 3.05) is 13.7 Å². The van der Waals surface area contributed by atoms with E-state index in [0.717, 1.165) is 22.0 Å². The van der Waals surface area contributed by atoms with Crippen molar-refractivity contribution in [3.63, 3.8) is 0 Å². The van der Waals surface area contributed by atoms with Crippen LogP contribution in [0.4, 0.5) is 0 Å². The molecule has 0 saturated carbocycles. The zero-order valence-corrected chi connectivity index (χ0v) is 21.0. The number of methoxy groups -OCH3 is 1. The fourth-order valence-electron chi connectivity index (χ4n) is 4.88. The maximum Gasteiger partial charge on any atom is 0.261 e. The van der Waals surface area contributed by atoms with Crippen LogP contribution in [0.3, 0.4) is 0 Å². The number of fused-ring (bicyclic) bond motifs is 2. The molecule has 0 spiro atoms. The van der Waals surface area contributed by atoms with Crippen LogP contribution >= 0.6 is 0 Å². The van der Waals surface area contributed by atoms with Gasteiger partial charge in [0, 0.05) is 10.9 Å². The van der Waals surface area contributed by atoms with E-state index in [4.69, 9.17) is 4.74 Å². The molecule has 2 N–H and O–H groups in total. The highest BCUT2D eigenvalue weighted by Crippen LogP contribution is 2.28. The molecule has 39 heavy (non-hydrogen) atoms. The molecule has 192 valence electrons. The van der Waals surface area contributed by atoms with Crippen molar-refractivity contribution in [1.82, 2.24) is 20.4 Å². The summed E-state index contributed by atoms with van der Waals surface area (Å²) in [5, 5.41) is 11.0. The zero-order valence-electron chi connectivity index (χ0n) is 21.0. The molecule has 0 fully saturated rings. The van der Waals surface area contributed by atoms with E-state index in [1.807, 2.05) is 48.5 Å². The number of benzene rings is 4. The number of imide groups is 1. The zero-order chi connectivity index (χ0) is 26.9. The molecule has 0 radical (unpaired) electrons. The van der Waals surface area contributed by atoms with Crippen LogP contribution < -0.4 is 10.1 Å². The minimum absolute atomic E-state index is 0.0257. The van der Waals surface area contributed by atoms with Gasteiger partial charge in [0.05, 0.1) is 42.5 Å². The molecule has 0 bridgehead atoms. The normalized spacial score (nSPS) is 13.4. The second-order valence-corrected chi connectivity index (χ2v) is 9.32. The van der Waals surface area contributed by atoms with Gasteiger partial charge in [-0.25, -0.2) is 0 Å². The monoisotopic (exact) mass is 516 g/mol. The molecule has 1 aliphatic rings. The summed E-state index contributed by atoms with van der Waals surface area (Å²) in [5.74, 6) is -0.486. The van der Waals surface area contributed by atoms with Gasteiger partial charge in [-0.15, -0.1) is 0 Å². The van der Waals surface area contributed by atoms with Crippen LogP contribution in [-0.4, -0.2) is 46.5 Å². The Kier molecular flexibility index (Phi) is 6.13. The van der Waals surface area contributed by atoms with Gasteiger partial charge in [-0.1, -0.05) is 42.5 Å². The Morgan fingerprint density at radius 3 is 2.41 bits per heavy atom. The summed E-state index contributed by atoms with van der Waals surface area (Å²) in [4.78, 5) is 40.9. The quantitative estimate of drug-likeness (QED) is 0.296. The van der Waals surface area contributed by atoms with Crippen molar-refractivity contribution in [3.8, 4) is 16.9 Å². The number of aromatic nitrogens is 2. The molecule has 0 aliphatic carbocycles. The standard InChI is InChI=1S/C31H24N4O4/c1-39-24-9-5-7-21(16-24)28(18-35-30(37)25-10-2-3-11-26(25)31(35)38)33-29(36)22-8-4-6-19(14-22)20-12-13-27-23(15-20)17-32-34-27/h2-17,28H,18H2,1H3,(H,32,34)(H,33,36). The summed E-state index contributed by atoms with van der Waals surface area (Å²) in [6.07, 6.45) is 1.76. The smallest absolute Gasteiger partial charge is 0.261 e. The molecule has 1 aliphatic heterocycles. The van der Waals surface area contributed by atoms with Gasteiger partial charge in [-0.2, -0.15) is 5.10 Å². The van der Waals surface area contributed by atoms with Crippen LogP contribution in [0.15, 0.2) is 97.2 Å². The first-order chi connectivity index (χ1) is 19.0. The maximum atomic E-state index is 13.5. The third-order valence-corrected chi connectivity index (χ3v) is 6.94. The number of hydrogen-bond acceptors (Lipinski definition) is 5. The minimum Gasteiger partial charge on any atom is -0.497 e. The van der Waals surface area contributed by atoms with Crippen LogP contribution in [-0.2, 0) is 0 Å². The highest BCUT2D eigenvalue weighted by Gasteiger charge is 2.37. The molecular weight excluding hydrogens is 492 g/mol. The molecule has 4 aromatic carbocycles. The van der Waals surface area contributed by atoms with Crippen LogP contribution in [0.2, 0.25) is 0 Å². The lowest BCUT2D eigenvalue weighted by Gasteiger charge is -2.24. The van der Waals surface area contributed by atoms with E-state index in [0.29, 0.717) is 28.0 Å². The average Bonchev–Trinajstić information content (AvgIpc) is 3.55. The summed E-state index contributed by atoms with van der Waals surface area (Å²) in [6.45, 7) is -0.0257. The van der Waals surface area contributed by atoms with Crippen molar-refractivity contribution in [2.24, 2.45) is 0 Å². The minimum atomic E-state index is -0.666. The summed E-state index contributed by atoms with van der Waals surface area (Å²) < 4.78 is 5.38. The average molecular weight is 517 g/mol. The first-order valence-corrected chi connectivity index (χ1v) is 12.5. The number of H-pyrrole nitrogens is 1. The van der Waals surface area contributed by atoms with E-state index in [-0.39, 0.29) is 24.3 Å². The first kappa shape index (κ1) is 24.1. The van der Waals surface area contributed by atoms with Crippen molar-refractivity contribution in [3.05, 3.63) is 119 Å². The van der Waals surface area contributed by atoms with Crippen LogP contribution in [0.25, 0.3) is 22.0 Å². The van der Waals surface area contributed by atoms with Crippen LogP contribution in [0.5, 0.6) is 5.75 Å².